The summed E-state index contributed by atoms with van der Waals surface area (Å²) < 4.78 is 2.08. The highest BCUT2D eigenvalue weighted by Gasteiger charge is 2.37. The van der Waals surface area contributed by atoms with Gasteiger partial charge in [0.2, 0.25) is 5.91 Å². The number of hydrogen-bond acceptors (Lipinski definition) is 3. The van der Waals surface area contributed by atoms with Crippen LogP contribution in [-0.4, -0.2) is 52.9 Å². The van der Waals surface area contributed by atoms with E-state index < -0.39 is 0 Å². The number of aromatic nitrogens is 1. The number of nitrogens with zero attached hydrogens (tertiary/aromatic N) is 3. The van der Waals surface area contributed by atoms with Gasteiger partial charge in [-0.15, -0.1) is 0 Å². The Morgan fingerprint density at radius 1 is 1.05 bits per heavy atom. The van der Waals surface area contributed by atoms with Gasteiger partial charge in [-0.2, -0.15) is 0 Å². The van der Waals surface area contributed by atoms with Crippen LogP contribution in [0.4, 0.5) is 4.79 Å². The molecule has 0 aromatic carbocycles. The van der Waals surface area contributed by atoms with E-state index in [9.17, 15) is 9.59 Å². The van der Waals surface area contributed by atoms with Crippen LogP contribution >= 0.6 is 43.5 Å². The van der Waals surface area contributed by atoms with Crippen LogP contribution in [-0.2, 0) is 11.2 Å². The number of hydrogen-bond donors (Lipinski definition) is 1. The molecule has 1 aromatic heterocycles. The lowest BCUT2D eigenvalue weighted by Crippen LogP contribution is -2.44. The molecule has 37 heavy (non-hydrogen) atoms. The summed E-state index contributed by atoms with van der Waals surface area (Å²) in [7, 11) is 0. The fraction of sp³-hybridized carbons (Fsp3) is 0.536. The highest BCUT2D eigenvalue weighted by molar-refractivity contribution is 9.12. The molecule has 0 spiro atoms. The first-order valence-corrected chi connectivity index (χ1v) is 15.2. The van der Waals surface area contributed by atoms with Gasteiger partial charge in [-0.25, -0.2) is 4.79 Å². The molecule has 2 N–H and O–H groups in total. The Kier molecular flexibility index (Phi) is 8.46. The molecule has 1 atom stereocenters. The second-order valence-corrected chi connectivity index (χ2v) is 12.9. The van der Waals surface area contributed by atoms with E-state index in [4.69, 9.17) is 22.3 Å². The summed E-state index contributed by atoms with van der Waals surface area (Å²) in [6, 6.07) is 1.87. The first-order chi connectivity index (χ1) is 17.8. The molecule has 0 saturated carbocycles. The first kappa shape index (κ1) is 26.9. The molecule has 4 aliphatic rings. The number of halogens is 3. The molecule has 2 aliphatic heterocycles. The van der Waals surface area contributed by atoms with Crippen molar-refractivity contribution in [1.82, 2.24) is 14.8 Å². The molecule has 3 heterocycles. The number of carbonyl (C=O) groups is 2. The fourth-order valence-electron chi connectivity index (χ4n) is 6.43. The number of fused-ring (bicyclic) bond motifs is 1. The zero-order valence-corrected chi connectivity index (χ0v) is 24.8. The Hall–Kier alpha value is -1.64. The van der Waals surface area contributed by atoms with E-state index in [1.165, 1.54) is 22.4 Å². The summed E-state index contributed by atoms with van der Waals surface area (Å²) in [4.78, 5) is 33.3. The molecule has 2 fully saturated rings. The lowest BCUT2D eigenvalue weighted by Gasteiger charge is -2.38. The van der Waals surface area contributed by atoms with E-state index in [0.717, 1.165) is 72.0 Å². The Balaban J connectivity index is 1.31. The smallest absolute Gasteiger partial charge is 0.314 e. The van der Waals surface area contributed by atoms with Gasteiger partial charge in [-0.05, 0) is 96.0 Å². The number of urea groups is 1. The molecular weight excluding hydrogens is 620 g/mol. The minimum absolute atomic E-state index is 0.178. The molecule has 2 saturated heterocycles. The number of amides is 3. The van der Waals surface area contributed by atoms with E-state index in [1.54, 1.807) is 4.90 Å². The summed E-state index contributed by atoms with van der Waals surface area (Å²) >= 11 is 14.0. The number of rotatable bonds is 3. The monoisotopic (exact) mass is 650 g/mol. The molecular formula is C28H33Br2ClN4O2. The number of primary amides is 1. The van der Waals surface area contributed by atoms with Gasteiger partial charge in [-0.3, -0.25) is 9.78 Å². The normalized spacial score (nSPS) is 23.5. The second kappa shape index (κ2) is 11.6. The molecule has 2 aliphatic carbocycles. The minimum Gasteiger partial charge on any atom is -0.351 e. The van der Waals surface area contributed by atoms with Crippen molar-refractivity contribution in [2.24, 2.45) is 17.6 Å². The van der Waals surface area contributed by atoms with Gasteiger partial charge < -0.3 is 15.5 Å². The van der Waals surface area contributed by atoms with E-state index in [2.05, 4.69) is 48.9 Å². The number of pyridine rings is 1. The molecule has 5 rings (SSSR count). The van der Waals surface area contributed by atoms with Gasteiger partial charge in [-0.1, -0.05) is 39.2 Å². The Labute approximate surface area is 240 Å². The van der Waals surface area contributed by atoms with Crippen molar-refractivity contribution in [1.29, 1.82) is 0 Å². The third kappa shape index (κ3) is 6.01. The summed E-state index contributed by atoms with van der Waals surface area (Å²) in [5.74, 6) is 1.15. The number of carbonyl (C=O) groups excluding carboxylic acids is 2. The minimum atomic E-state index is -0.361. The Morgan fingerprint density at radius 2 is 1.76 bits per heavy atom. The lowest BCUT2D eigenvalue weighted by molar-refractivity contribution is -0.134. The van der Waals surface area contributed by atoms with Gasteiger partial charge in [0.1, 0.15) is 0 Å². The van der Waals surface area contributed by atoms with E-state index in [0.29, 0.717) is 31.3 Å². The van der Waals surface area contributed by atoms with E-state index >= 15 is 0 Å². The van der Waals surface area contributed by atoms with Gasteiger partial charge in [0.25, 0.3) is 0 Å². The summed E-state index contributed by atoms with van der Waals surface area (Å²) in [6.07, 6.45) is 13.0. The summed E-state index contributed by atoms with van der Waals surface area (Å²) in [6.45, 7) is 2.85. The molecule has 1 unspecified atom stereocenters. The van der Waals surface area contributed by atoms with Crippen LogP contribution in [0.1, 0.15) is 62.1 Å². The van der Waals surface area contributed by atoms with Crippen molar-refractivity contribution >= 4 is 55.4 Å². The van der Waals surface area contributed by atoms with Gasteiger partial charge in [0.05, 0.1) is 5.69 Å². The fourth-order valence-corrected chi connectivity index (χ4v) is 7.90. The van der Waals surface area contributed by atoms with Crippen molar-refractivity contribution in [3.8, 4) is 0 Å². The van der Waals surface area contributed by atoms with Gasteiger partial charge >= 0.3 is 6.03 Å². The van der Waals surface area contributed by atoms with E-state index in [1.807, 2.05) is 12.3 Å². The van der Waals surface area contributed by atoms with Crippen LogP contribution in [0.3, 0.4) is 0 Å². The van der Waals surface area contributed by atoms with Crippen molar-refractivity contribution in [2.75, 3.05) is 26.2 Å². The maximum absolute atomic E-state index is 13.2. The van der Waals surface area contributed by atoms with Crippen LogP contribution in [0.25, 0.3) is 0 Å². The highest BCUT2D eigenvalue weighted by Crippen LogP contribution is 2.49. The number of piperidine rings is 2. The van der Waals surface area contributed by atoms with Crippen molar-refractivity contribution < 1.29 is 9.59 Å². The highest BCUT2D eigenvalue weighted by atomic mass is 79.9. The van der Waals surface area contributed by atoms with Crippen LogP contribution in [0.5, 0.6) is 0 Å². The largest absolute Gasteiger partial charge is 0.351 e. The average molecular weight is 653 g/mol. The van der Waals surface area contributed by atoms with Crippen molar-refractivity contribution in [2.45, 2.75) is 57.3 Å². The lowest BCUT2D eigenvalue weighted by atomic mass is 9.75. The predicted molar refractivity (Wildman–Crippen MR) is 153 cm³/mol. The molecule has 6 nitrogen and oxygen atoms in total. The molecule has 0 radical (unpaired) electrons. The summed E-state index contributed by atoms with van der Waals surface area (Å²) in [5.41, 5.74) is 10.6. The van der Waals surface area contributed by atoms with Crippen LogP contribution in [0, 0.1) is 11.8 Å². The van der Waals surface area contributed by atoms with Gasteiger partial charge in [0.15, 0.2) is 0 Å². The number of allylic oxidation sites excluding steroid dienone is 6. The molecule has 0 bridgehead atoms. The maximum atomic E-state index is 13.2. The quantitative estimate of drug-likeness (QED) is 0.411. The standard InChI is InChI=1S/C28H33Br2ClN4O2/c29-21-14-20-2-1-18-3-4-22(31)15-23(30)25(18)26(27(20)33-16-21)19-7-11-34(12-8-19)24(36)13-17-5-9-35(10-6-17)28(32)37/h4,14-17,19,26H,1-3,5-13H2,(H2,32,37). The third-order valence-electron chi connectivity index (χ3n) is 8.47. The average Bonchev–Trinajstić information content (AvgIpc) is 3.13. The number of aryl methyl sites for hydroxylation is 1. The molecule has 3 amide bonds. The van der Waals surface area contributed by atoms with Crippen molar-refractivity contribution in [3.63, 3.8) is 0 Å². The summed E-state index contributed by atoms with van der Waals surface area (Å²) in [5, 5.41) is 0.768. The van der Waals surface area contributed by atoms with Crippen LogP contribution in [0.15, 0.2) is 49.5 Å². The zero-order chi connectivity index (χ0) is 26.1. The van der Waals surface area contributed by atoms with E-state index in [-0.39, 0.29) is 17.9 Å². The predicted octanol–water partition coefficient (Wildman–Crippen LogP) is 6.40. The van der Waals surface area contributed by atoms with Crippen LogP contribution < -0.4 is 5.73 Å². The number of likely N-dealkylation sites (tertiary alicyclic amines) is 2. The zero-order valence-electron chi connectivity index (χ0n) is 20.9. The first-order valence-electron chi connectivity index (χ1n) is 13.2. The number of nitrogens with two attached hydrogens (primary N) is 1. The van der Waals surface area contributed by atoms with Crippen LogP contribution in [0.2, 0.25) is 0 Å². The SMILES string of the molecule is NC(=O)N1CCC(CC(=O)N2CCC(C3C4=C(CC=C(Cl)C=C4Br)CCc4cc(Br)cnc43)CC2)CC1. The molecule has 198 valence electrons. The topological polar surface area (TPSA) is 79.5 Å². The maximum Gasteiger partial charge on any atom is 0.314 e. The van der Waals surface area contributed by atoms with Crippen molar-refractivity contribution in [3.05, 3.63) is 60.8 Å². The second-order valence-electron chi connectivity index (χ2n) is 10.7. The Bertz CT molecular complexity index is 1160. The van der Waals surface area contributed by atoms with Gasteiger partial charge in [0, 0.05) is 58.7 Å². The Morgan fingerprint density at radius 3 is 2.46 bits per heavy atom. The molecule has 9 heteroatoms. The molecule has 1 aromatic rings. The third-order valence-corrected chi connectivity index (χ3v) is 9.82.